The summed E-state index contributed by atoms with van der Waals surface area (Å²) < 4.78 is 1.13. The average Bonchev–Trinajstić information content (AvgIpc) is 2.82. The minimum absolute atomic E-state index is 0.256. The highest BCUT2D eigenvalue weighted by atomic mass is 79.9. The molecular weight excluding hydrogens is 324 g/mol. The summed E-state index contributed by atoms with van der Waals surface area (Å²) in [7, 11) is 0. The predicted octanol–water partition coefficient (Wildman–Crippen LogP) is 3.46. The van der Waals surface area contributed by atoms with Gasteiger partial charge in [-0.2, -0.15) is 0 Å². The van der Waals surface area contributed by atoms with Crippen LogP contribution in [0.25, 0.3) is 0 Å². The Morgan fingerprint density at radius 3 is 2.89 bits per heavy atom. The van der Waals surface area contributed by atoms with Crippen LogP contribution in [-0.2, 0) is 6.54 Å². The van der Waals surface area contributed by atoms with Gasteiger partial charge in [-0.25, -0.2) is 0 Å². The summed E-state index contributed by atoms with van der Waals surface area (Å²) in [5.41, 5.74) is 6.87. The number of hydrogen-bond donors (Lipinski definition) is 2. The topological polar surface area (TPSA) is 55.1 Å². The predicted molar refractivity (Wildman–Crippen MR) is 82.2 cm³/mol. The molecule has 2 rings (SSSR count). The van der Waals surface area contributed by atoms with Gasteiger partial charge >= 0.3 is 0 Å². The van der Waals surface area contributed by atoms with Gasteiger partial charge in [-0.1, -0.05) is 12.1 Å². The van der Waals surface area contributed by atoms with Crippen molar-refractivity contribution in [2.75, 3.05) is 0 Å². The second-order valence-electron chi connectivity index (χ2n) is 4.30. The van der Waals surface area contributed by atoms with E-state index in [1.165, 1.54) is 4.88 Å². The molecule has 1 heterocycles. The van der Waals surface area contributed by atoms with Crippen LogP contribution in [0.3, 0.4) is 0 Å². The Kier molecular flexibility index (Phi) is 4.74. The lowest BCUT2D eigenvalue weighted by Crippen LogP contribution is -2.18. The molecule has 0 fully saturated rings. The SMILES string of the molecule is CC(NCc1cccc(C(N)=O)c1)c1sccc1Br. The molecule has 1 amide bonds. The molecule has 100 valence electrons. The van der Waals surface area contributed by atoms with E-state index in [4.69, 9.17) is 5.73 Å². The Morgan fingerprint density at radius 1 is 1.47 bits per heavy atom. The van der Waals surface area contributed by atoms with Crippen LogP contribution >= 0.6 is 27.3 Å². The number of primary amides is 1. The summed E-state index contributed by atoms with van der Waals surface area (Å²) in [6, 6.07) is 9.69. The molecule has 5 heteroatoms. The third-order valence-corrected chi connectivity index (χ3v) is 4.92. The van der Waals surface area contributed by atoms with Crippen molar-refractivity contribution < 1.29 is 4.79 Å². The van der Waals surface area contributed by atoms with E-state index >= 15 is 0 Å². The molecule has 1 unspecified atom stereocenters. The summed E-state index contributed by atoms with van der Waals surface area (Å²) in [4.78, 5) is 12.4. The van der Waals surface area contributed by atoms with Gasteiger partial charge < -0.3 is 11.1 Å². The molecule has 0 aliphatic heterocycles. The van der Waals surface area contributed by atoms with E-state index in [0.717, 1.165) is 10.0 Å². The summed E-state index contributed by atoms with van der Waals surface area (Å²) in [5, 5.41) is 5.50. The Hall–Kier alpha value is -1.17. The fourth-order valence-electron chi connectivity index (χ4n) is 1.81. The monoisotopic (exact) mass is 338 g/mol. The van der Waals surface area contributed by atoms with E-state index in [-0.39, 0.29) is 6.04 Å². The fourth-order valence-corrected chi connectivity index (χ4v) is 3.56. The van der Waals surface area contributed by atoms with Crippen LogP contribution in [0.2, 0.25) is 0 Å². The molecule has 0 spiro atoms. The first-order valence-electron chi connectivity index (χ1n) is 5.93. The highest BCUT2D eigenvalue weighted by Gasteiger charge is 2.10. The Balaban J connectivity index is 2.01. The van der Waals surface area contributed by atoms with Gasteiger partial charge in [0, 0.05) is 27.5 Å². The normalized spacial score (nSPS) is 12.3. The van der Waals surface area contributed by atoms with E-state index in [1.807, 2.05) is 24.3 Å². The molecule has 3 N–H and O–H groups in total. The van der Waals surface area contributed by atoms with E-state index in [1.54, 1.807) is 17.4 Å². The van der Waals surface area contributed by atoms with Crippen LogP contribution in [0.4, 0.5) is 0 Å². The summed E-state index contributed by atoms with van der Waals surface area (Å²) >= 11 is 5.25. The van der Waals surface area contributed by atoms with Crippen LogP contribution in [-0.4, -0.2) is 5.91 Å². The number of amides is 1. The van der Waals surface area contributed by atoms with Gasteiger partial charge in [0.05, 0.1) is 0 Å². The molecule has 19 heavy (non-hydrogen) atoms. The molecule has 0 aliphatic rings. The van der Waals surface area contributed by atoms with Gasteiger partial charge in [-0.05, 0) is 52.0 Å². The van der Waals surface area contributed by atoms with Crippen molar-refractivity contribution in [3.63, 3.8) is 0 Å². The molecule has 0 saturated heterocycles. The highest BCUT2D eigenvalue weighted by Crippen LogP contribution is 2.28. The molecule has 0 saturated carbocycles. The lowest BCUT2D eigenvalue weighted by molar-refractivity contribution is 0.1000. The second-order valence-corrected chi connectivity index (χ2v) is 6.10. The minimum atomic E-state index is -0.393. The standard InChI is InChI=1S/C14H15BrN2OS/c1-9(13-12(15)5-6-19-13)17-8-10-3-2-4-11(7-10)14(16)18/h2-7,9,17H,8H2,1H3,(H2,16,18). The maximum Gasteiger partial charge on any atom is 0.248 e. The zero-order chi connectivity index (χ0) is 13.8. The van der Waals surface area contributed by atoms with Gasteiger partial charge in [0.2, 0.25) is 5.91 Å². The fraction of sp³-hybridized carbons (Fsp3) is 0.214. The molecule has 1 aromatic carbocycles. The number of carbonyl (C=O) groups is 1. The van der Waals surface area contributed by atoms with Crippen LogP contribution in [0, 0.1) is 0 Å². The van der Waals surface area contributed by atoms with Crippen molar-refractivity contribution >= 4 is 33.2 Å². The van der Waals surface area contributed by atoms with Gasteiger partial charge in [-0.3, -0.25) is 4.79 Å². The van der Waals surface area contributed by atoms with Gasteiger partial charge in [0.1, 0.15) is 0 Å². The quantitative estimate of drug-likeness (QED) is 0.877. The first-order valence-corrected chi connectivity index (χ1v) is 7.60. The Labute approximate surface area is 125 Å². The average molecular weight is 339 g/mol. The number of rotatable bonds is 5. The van der Waals surface area contributed by atoms with Gasteiger partial charge in [0.15, 0.2) is 0 Å². The van der Waals surface area contributed by atoms with Crippen LogP contribution in [0.15, 0.2) is 40.2 Å². The molecule has 0 aliphatic carbocycles. The number of hydrogen-bond acceptors (Lipinski definition) is 3. The van der Waals surface area contributed by atoms with Crippen molar-refractivity contribution in [1.82, 2.24) is 5.32 Å². The molecule has 1 aromatic heterocycles. The summed E-state index contributed by atoms with van der Waals surface area (Å²) in [6.07, 6.45) is 0. The Morgan fingerprint density at radius 2 is 2.26 bits per heavy atom. The molecule has 0 bridgehead atoms. The lowest BCUT2D eigenvalue weighted by atomic mass is 10.1. The molecule has 2 aromatic rings. The molecule has 3 nitrogen and oxygen atoms in total. The van der Waals surface area contributed by atoms with E-state index in [0.29, 0.717) is 12.1 Å². The number of nitrogens with two attached hydrogens (primary N) is 1. The van der Waals surface area contributed by atoms with E-state index in [9.17, 15) is 4.79 Å². The molecule has 0 radical (unpaired) electrons. The smallest absolute Gasteiger partial charge is 0.248 e. The Bertz CT molecular complexity index is 582. The highest BCUT2D eigenvalue weighted by molar-refractivity contribution is 9.10. The van der Waals surface area contributed by atoms with Crippen LogP contribution in [0.5, 0.6) is 0 Å². The lowest BCUT2D eigenvalue weighted by Gasteiger charge is -2.13. The number of carbonyl (C=O) groups excluding carboxylic acids is 1. The van der Waals surface area contributed by atoms with Gasteiger partial charge in [0.25, 0.3) is 0 Å². The molecular formula is C14H15BrN2OS. The van der Waals surface area contributed by atoms with Crippen molar-refractivity contribution in [2.24, 2.45) is 5.73 Å². The van der Waals surface area contributed by atoms with Crippen molar-refractivity contribution in [3.8, 4) is 0 Å². The summed E-state index contributed by atoms with van der Waals surface area (Å²) in [5.74, 6) is -0.393. The maximum atomic E-state index is 11.1. The zero-order valence-corrected chi connectivity index (χ0v) is 12.9. The van der Waals surface area contributed by atoms with Crippen molar-refractivity contribution in [3.05, 3.63) is 56.2 Å². The third-order valence-electron chi connectivity index (χ3n) is 2.86. The number of thiophene rings is 1. The maximum absolute atomic E-state index is 11.1. The minimum Gasteiger partial charge on any atom is -0.366 e. The third kappa shape index (κ3) is 3.65. The first kappa shape index (κ1) is 14.2. The van der Waals surface area contributed by atoms with E-state index < -0.39 is 5.91 Å². The van der Waals surface area contributed by atoms with Crippen LogP contribution < -0.4 is 11.1 Å². The van der Waals surface area contributed by atoms with Crippen molar-refractivity contribution in [2.45, 2.75) is 19.5 Å². The summed E-state index contributed by atoms with van der Waals surface area (Å²) in [6.45, 7) is 2.82. The first-order chi connectivity index (χ1) is 9.08. The van der Waals surface area contributed by atoms with Gasteiger partial charge in [-0.15, -0.1) is 11.3 Å². The largest absolute Gasteiger partial charge is 0.366 e. The number of benzene rings is 1. The van der Waals surface area contributed by atoms with Crippen molar-refractivity contribution in [1.29, 1.82) is 0 Å². The molecule has 1 atom stereocenters. The van der Waals surface area contributed by atoms with Crippen LogP contribution in [0.1, 0.15) is 33.8 Å². The second kappa shape index (κ2) is 6.32. The van der Waals surface area contributed by atoms with E-state index in [2.05, 4.69) is 33.6 Å². The number of halogens is 1. The zero-order valence-electron chi connectivity index (χ0n) is 10.5. The number of nitrogens with one attached hydrogen (secondary N) is 1.